The maximum absolute atomic E-state index is 10.9. The molecule has 0 aromatic rings. The fraction of sp³-hybridized carbons (Fsp3) is 0.889. The normalized spacial score (nSPS) is 38.0. The maximum atomic E-state index is 10.9. The summed E-state index contributed by atoms with van der Waals surface area (Å²) in [6, 6.07) is -0.478. The molecule has 1 fully saturated rings. The second kappa shape index (κ2) is 4.72. The van der Waals surface area contributed by atoms with Crippen molar-refractivity contribution in [1.29, 1.82) is 0 Å². The summed E-state index contributed by atoms with van der Waals surface area (Å²) in [5.41, 5.74) is 0. The third-order valence-electron chi connectivity index (χ3n) is 2.25. The van der Waals surface area contributed by atoms with E-state index in [2.05, 4.69) is 5.32 Å². The van der Waals surface area contributed by atoms with Crippen molar-refractivity contribution in [3.8, 4) is 0 Å². The Labute approximate surface area is 83.4 Å². The summed E-state index contributed by atoms with van der Waals surface area (Å²) >= 11 is 0. The summed E-state index contributed by atoms with van der Waals surface area (Å²) in [7, 11) is 1.49. The average Bonchev–Trinajstić information content (AvgIpc) is 2.08. The Morgan fingerprint density at radius 1 is 1.64 bits per heavy atom. The smallest absolute Gasteiger partial charge is 0.217 e. The fourth-order valence-corrected chi connectivity index (χ4v) is 1.64. The van der Waals surface area contributed by atoms with E-state index in [1.807, 2.05) is 6.92 Å². The first kappa shape index (κ1) is 11.4. The molecule has 1 heterocycles. The molecule has 14 heavy (non-hydrogen) atoms. The van der Waals surface area contributed by atoms with E-state index < -0.39 is 18.4 Å². The van der Waals surface area contributed by atoms with E-state index >= 15 is 0 Å². The van der Waals surface area contributed by atoms with E-state index in [1.54, 1.807) is 0 Å². The van der Waals surface area contributed by atoms with E-state index in [-0.39, 0.29) is 12.0 Å². The molecule has 1 aliphatic heterocycles. The zero-order valence-electron chi connectivity index (χ0n) is 8.69. The molecule has 0 bridgehead atoms. The average molecular weight is 203 g/mol. The van der Waals surface area contributed by atoms with Crippen LogP contribution in [0.15, 0.2) is 0 Å². The number of amides is 1. The molecule has 1 aliphatic rings. The minimum Gasteiger partial charge on any atom is -0.391 e. The van der Waals surface area contributed by atoms with Crippen molar-refractivity contribution in [3.63, 3.8) is 0 Å². The monoisotopic (exact) mass is 203 g/mol. The van der Waals surface area contributed by atoms with E-state index in [0.29, 0.717) is 6.42 Å². The van der Waals surface area contributed by atoms with Crippen LogP contribution in [0.25, 0.3) is 0 Å². The Hall–Kier alpha value is -0.650. The summed E-state index contributed by atoms with van der Waals surface area (Å²) in [6.07, 6.45) is -0.740. The Bertz CT molecular complexity index is 209. The lowest BCUT2D eigenvalue weighted by Crippen LogP contribution is -2.56. The lowest BCUT2D eigenvalue weighted by atomic mass is 10.0. The standard InChI is InChI=1S/C9H17NO4/c1-5-4-7(12)8(10-6(2)11)9(13-3)14-5/h5,7-9,12H,4H2,1-3H3,(H,10,11)/t5-,7+,8-,9+/m1/s1. The first-order valence-electron chi connectivity index (χ1n) is 4.68. The van der Waals surface area contributed by atoms with Gasteiger partial charge >= 0.3 is 0 Å². The van der Waals surface area contributed by atoms with Gasteiger partial charge in [-0.25, -0.2) is 0 Å². The van der Waals surface area contributed by atoms with Crippen molar-refractivity contribution in [2.45, 2.75) is 44.8 Å². The predicted molar refractivity (Wildman–Crippen MR) is 49.6 cm³/mol. The van der Waals surface area contributed by atoms with Gasteiger partial charge in [-0.1, -0.05) is 0 Å². The summed E-state index contributed by atoms with van der Waals surface area (Å²) in [5.74, 6) is -0.200. The summed E-state index contributed by atoms with van der Waals surface area (Å²) in [6.45, 7) is 3.26. The van der Waals surface area contributed by atoms with E-state index in [4.69, 9.17) is 9.47 Å². The van der Waals surface area contributed by atoms with Gasteiger partial charge in [-0.15, -0.1) is 0 Å². The van der Waals surface area contributed by atoms with Crippen LogP contribution in [0.3, 0.4) is 0 Å². The van der Waals surface area contributed by atoms with Crippen molar-refractivity contribution in [2.75, 3.05) is 7.11 Å². The predicted octanol–water partition coefficient (Wildman–Crippen LogP) is -0.367. The third kappa shape index (κ3) is 2.67. The maximum Gasteiger partial charge on any atom is 0.217 e. The Kier molecular flexibility index (Phi) is 3.86. The molecule has 82 valence electrons. The third-order valence-corrected chi connectivity index (χ3v) is 2.25. The quantitative estimate of drug-likeness (QED) is 0.642. The molecule has 0 spiro atoms. The van der Waals surface area contributed by atoms with Crippen LogP contribution >= 0.6 is 0 Å². The first-order chi connectivity index (χ1) is 6.54. The van der Waals surface area contributed by atoms with Gasteiger partial charge in [-0.2, -0.15) is 0 Å². The molecule has 1 saturated heterocycles. The number of aliphatic hydroxyl groups is 1. The van der Waals surface area contributed by atoms with Gasteiger partial charge in [0.2, 0.25) is 5.91 Å². The van der Waals surface area contributed by atoms with Crippen LogP contribution in [0.4, 0.5) is 0 Å². The SMILES string of the molecule is CO[C@H]1O[C@H](C)C[C@H](O)[C@H]1NC(C)=O. The number of carbonyl (C=O) groups excluding carboxylic acids is 1. The van der Waals surface area contributed by atoms with Crippen LogP contribution in [-0.2, 0) is 14.3 Å². The fourth-order valence-electron chi connectivity index (χ4n) is 1.64. The summed E-state index contributed by atoms with van der Waals surface area (Å²) in [5, 5.41) is 12.3. The molecular formula is C9H17NO4. The molecule has 0 aliphatic carbocycles. The second-order valence-corrected chi connectivity index (χ2v) is 3.58. The second-order valence-electron chi connectivity index (χ2n) is 3.58. The minimum atomic E-state index is -0.618. The Balaban J connectivity index is 2.63. The van der Waals surface area contributed by atoms with Gasteiger partial charge in [0, 0.05) is 20.5 Å². The van der Waals surface area contributed by atoms with E-state index in [1.165, 1.54) is 14.0 Å². The summed E-state index contributed by atoms with van der Waals surface area (Å²) < 4.78 is 10.5. The van der Waals surface area contributed by atoms with Gasteiger partial charge in [0.05, 0.1) is 12.2 Å². The van der Waals surface area contributed by atoms with Crippen molar-refractivity contribution in [1.82, 2.24) is 5.32 Å². The zero-order valence-corrected chi connectivity index (χ0v) is 8.69. The highest BCUT2D eigenvalue weighted by Gasteiger charge is 2.36. The molecule has 0 aromatic carbocycles. The van der Waals surface area contributed by atoms with Crippen molar-refractivity contribution in [3.05, 3.63) is 0 Å². The van der Waals surface area contributed by atoms with Gasteiger partial charge in [0.15, 0.2) is 6.29 Å². The van der Waals surface area contributed by atoms with E-state index in [0.717, 1.165) is 0 Å². The molecular weight excluding hydrogens is 186 g/mol. The number of hydrogen-bond donors (Lipinski definition) is 2. The van der Waals surface area contributed by atoms with Crippen LogP contribution in [-0.4, -0.2) is 42.7 Å². The van der Waals surface area contributed by atoms with Crippen molar-refractivity contribution >= 4 is 5.91 Å². The number of rotatable bonds is 2. The molecule has 5 heteroatoms. The molecule has 0 unspecified atom stereocenters. The number of ether oxygens (including phenoxy) is 2. The van der Waals surface area contributed by atoms with E-state index in [9.17, 15) is 9.90 Å². The zero-order chi connectivity index (χ0) is 10.7. The highest BCUT2D eigenvalue weighted by molar-refractivity contribution is 5.73. The van der Waals surface area contributed by atoms with Crippen LogP contribution in [0, 0.1) is 0 Å². The van der Waals surface area contributed by atoms with Crippen LogP contribution < -0.4 is 5.32 Å². The van der Waals surface area contributed by atoms with Gasteiger partial charge < -0.3 is 19.9 Å². The topological polar surface area (TPSA) is 67.8 Å². The van der Waals surface area contributed by atoms with Crippen molar-refractivity contribution < 1.29 is 19.4 Å². The van der Waals surface area contributed by atoms with Gasteiger partial charge in [-0.3, -0.25) is 4.79 Å². The lowest BCUT2D eigenvalue weighted by molar-refractivity contribution is -0.216. The summed E-state index contributed by atoms with van der Waals surface area (Å²) in [4.78, 5) is 10.9. The largest absolute Gasteiger partial charge is 0.391 e. The number of hydrogen-bond acceptors (Lipinski definition) is 4. The van der Waals surface area contributed by atoms with Crippen LogP contribution in [0.1, 0.15) is 20.3 Å². The molecule has 1 rings (SSSR count). The molecule has 5 nitrogen and oxygen atoms in total. The lowest BCUT2D eigenvalue weighted by Gasteiger charge is -2.37. The molecule has 0 radical (unpaired) electrons. The van der Waals surface area contributed by atoms with Crippen molar-refractivity contribution in [2.24, 2.45) is 0 Å². The molecule has 1 amide bonds. The Morgan fingerprint density at radius 2 is 2.29 bits per heavy atom. The molecule has 4 atom stereocenters. The van der Waals surface area contributed by atoms with Gasteiger partial charge in [0.1, 0.15) is 6.04 Å². The number of methoxy groups -OCH3 is 1. The molecule has 2 N–H and O–H groups in total. The first-order valence-corrected chi connectivity index (χ1v) is 4.68. The van der Waals surface area contributed by atoms with Gasteiger partial charge in [-0.05, 0) is 6.92 Å². The van der Waals surface area contributed by atoms with Crippen LogP contribution in [0.2, 0.25) is 0 Å². The minimum absolute atomic E-state index is 0.0556. The number of aliphatic hydroxyl groups excluding tert-OH is 1. The number of nitrogens with one attached hydrogen (secondary N) is 1. The highest BCUT2D eigenvalue weighted by Crippen LogP contribution is 2.20. The Morgan fingerprint density at radius 3 is 2.79 bits per heavy atom. The van der Waals surface area contributed by atoms with Crippen LogP contribution in [0.5, 0.6) is 0 Å². The molecule has 0 aromatic heterocycles. The number of carbonyl (C=O) groups is 1. The van der Waals surface area contributed by atoms with Gasteiger partial charge in [0.25, 0.3) is 0 Å². The highest BCUT2D eigenvalue weighted by atomic mass is 16.7. The molecule has 0 saturated carbocycles.